The number of hydrogen-bond donors (Lipinski definition) is 2. The van der Waals surface area contributed by atoms with Gasteiger partial charge in [-0.05, 0) is 12.8 Å². The van der Waals surface area contributed by atoms with E-state index in [4.69, 9.17) is 0 Å². The molecule has 0 aromatic carbocycles. The minimum Gasteiger partial charge on any atom is -0.348 e. The first-order chi connectivity index (χ1) is 9.36. The number of H-pyrrole nitrogens is 1. The van der Waals surface area contributed by atoms with Crippen LogP contribution in [0, 0.1) is 0 Å². The van der Waals surface area contributed by atoms with Crippen molar-refractivity contribution in [1.29, 1.82) is 0 Å². The van der Waals surface area contributed by atoms with Gasteiger partial charge >= 0.3 is 0 Å². The molecule has 1 aromatic heterocycles. The molecule has 0 aliphatic carbocycles. The van der Waals surface area contributed by atoms with Gasteiger partial charge in [0.1, 0.15) is 0 Å². The predicted octanol–water partition coefficient (Wildman–Crippen LogP) is 4.07. The number of aromatic nitrogens is 2. The minimum atomic E-state index is 0.709. The largest absolute Gasteiger partial charge is 0.348 e. The third kappa shape index (κ3) is 8.04. The molecular formula is C16H31N3. The van der Waals surface area contributed by atoms with Crippen LogP contribution in [-0.4, -0.2) is 22.6 Å². The van der Waals surface area contributed by atoms with E-state index in [1.165, 1.54) is 57.1 Å². The van der Waals surface area contributed by atoms with Crippen molar-refractivity contribution in [2.75, 3.05) is 6.54 Å². The Balaban J connectivity index is 2.18. The molecule has 3 heteroatoms. The Labute approximate surface area is 118 Å². The van der Waals surface area contributed by atoms with Gasteiger partial charge in [-0.15, -0.1) is 0 Å². The van der Waals surface area contributed by atoms with E-state index in [1.807, 2.05) is 6.20 Å². The topological polar surface area (TPSA) is 40.7 Å². The fourth-order valence-electron chi connectivity index (χ4n) is 2.46. The molecule has 0 saturated carbocycles. The van der Waals surface area contributed by atoms with Crippen LogP contribution in [0.15, 0.2) is 12.5 Å². The normalized spacial score (nSPS) is 11.3. The second kappa shape index (κ2) is 11.0. The predicted molar refractivity (Wildman–Crippen MR) is 82.4 cm³/mol. The summed E-state index contributed by atoms with van der Waals surface area (Å²) in [5, 5.41) is 3.73. The number of aromatic amines is 1. The molecule has 0 unspecified atom stereocenters. The average Bonchev–Trinajstić information content (AvgIpc) is 2.92. The maximum absolute atomic E-state index is 4.06. The Morgan fingerprint density at radius 3 is 2.32 bits per heavy atom. The summed E-state index contributed by atoms with van der Waals surface area (Å²) < 4.78 is 0. The average molecular weight is 265 g/mol. The number of nitrogens with zero attached hydrogens (tertiary/aromatic N) is 1. The molecule has 1 rings (SSSR count). The van der Waals surface area contributed by atoms with Crippen LogP contribution in [0.5, 0.6) is 0 Å². The van der Waals surface area contributed by atoms with Gasteiger partial charge in [-0.2, -0.15) is 0 Å². The van der Waals surface area contributed by atoms with Crippen molar-refractivity contribution in [1.82, 2.24) is 15.3 Å². The van der Waals surface area contributed by atoms with Crippen LogP contribution in [0.2, 0.25) is 0 Å². The standard InChI is InChI=1S/C16H31N3/c1-3-5-7-9-15(10-8-6-4-2)18-12-11-16-13-17-14-19-16/h13-15,18H,3-12H2,1-2H3,(H,17,19). The molecule has 110 valence electrons. The monoisotopic (exact) mass is 265 g/mol. The van der Waals surface area contributed by atoms with Crippen LogP contribution in [0.4, 0.5) is 0 Å². The molecule has 0 spiro atoms. The van der Waals surface area contributed by atoms with Gasteiger partial charge in [0.25, 0.3) is 0 Å². The summed E-state index contributed by atoms with van der Waals surface area (Å²) in [4.78, 5) is 7.22. The Bertz CT molecular complexity index is 272. The third-order valence-electron chi connectivity index (χ3n) is 3.69. The summed E-state index contributed by atoms with van der Waals surface area (Å²) in [5.41, 5.74) is 1.23. The minimum absolute atomic E-state index is 0.709. The van der Waals surface area contributed by atoms with Crippen LogP contribution in [0.1, 0.15) is 70.9 Å². The SMILES string of the molecule is CCCCCC(CCCCC)NCCc1cnc[nH]1. The lowest BCUT2D eigenvalue weighted by atomic mass is 10.0. The zero-order valence-electron chi connectivity index (χ0n) is 12.8. The zero-order valence-corrected chi connectivity index (χ0v) is 12.8. The third-order valence-corrected chi connectivity index (χ3v) is 3.69. The highest BCUT2D eigenvalue weighted by atomic mass is 14.9. The van der Waals surface area contributed by atoms with Crippen LogP contribution < -0.4 is 5.32 Å². The summed E-state index contributed by atoms with van der Waals surface area (Å²) in [6, 6.07) is 0.709. The summed E-state index contributed by atoms with van der Waals surface area (Å²) in [6.45, 7) is 5.61. The Kier molecular flexibility index (Phi) is 9.42. The lowest BCUT2D eigenvalue weighted by Gasteiger charge is -2.18. The Morgan fingerprint density at radius 1 is 1.11 bits per heavy atom. The van der Waals surface area contributed by atoms with Gasteiger partial charge in [0.2, 0.25) is 0 Å². The summed E-state index contributed by atoms with van der Waals surface area (Å²) in [6.07, 6.45) is 15.5. The molecule has 19 heavy (non-hydrogen) atoms. The molecule has 0 fully saturated rings. The molecule has 1 heterocycles. The smallest absolute Gasteiger partial charge is 0.0921 e. The second-order valence-electron chi connectivity index (χ2n) is 5.47. The van der Waals surface area contributed by atoms with Gasteiger partial charge < -0.3 is 10.3 Å². The molecule has 0 amide bonds. The first-order valence-electron chi connectivity index (χ1n) is 8.07. The molecule has 2 N–H and O–H groups in total. The van der Waals surface area contributed by atoms with E-state index in [2.05, 4.69) is 29.1 Å². The molecular weight excluding hydrogens is 234 g/mol. The lowest BCUT2D eigenvalue weighted by molar-refractivity contribution is 0.420. The maximum Gasteiger partial charge on any atom is 0.0921 e. The first-order valence-corrected chi connectivity index (χ1v) is 8.07. The van der Waals surface area contributed by atoms with Crippen LogP contribution in [-0.2, 0) is 6.42 Å². The lowest BCUT2D eigenvalue weighted by Crippen LogP contribution is -2.31. The molecule has 0 radical (unpaired) electrons. The van der Waals surface area contributed by atoms with E-state index in [9.17, 15) is 0 Å². The highest BCUT2D eigenvalue weighted by Crippen LogP contribution is 2.11. The van der Waals surface area contributed by atoms with E-state index in [0.717, 1.165) is 13.0 Å². The number of unbranched alkanes of at least 4 members (excludes halogenated alkanes) is 4. The van der Waals surface area contributed by atoms with Crippen molar-refractivity contribution in [3.63, 3.8) is 0 Å². The quantitative estimate of drug-likeness (QED) is 0.559. The molecule has 0 saturated heterocycles. The van der Waals surface area contributed by atoms with E-state index in [1.54, 1.807) is 6.33 Å². The van der Waals surface area contributed by atoms with Crippen molar-refractivity contribution in [2.45, 2.75) is 77.7 Å². The number of hydrogen-bond acceptors (Lipinski definition) is 2. The fraction of sp³-hybridized carbons (Fsp3) is 0.812. The van der Waals surface area contributed by atoms with Crippen molar-refractivity contribution in [2.24, 2.45) is 0 Å². The number of rotatable bonds is 12. The van der Waals surface area contributed by atoms with Gasteiger partial charge in [-0.3, -0.25) is 0 Å². The van der Waals surface area contributed by atoms with E-state index >= 15 is 0 Å². The molecule has 1 aromatic rings. The molecule has 0 aliphatic heterocycles. The maximum atomic E-state index is 4.06. The van der Waals surface area contributed by atoms with Crippen molar-refractivity contribution in [3.05, 3.63) is 18.2 Å². The number of imidazole rings is 1. The molecule has 0 aliphatic rings. The van der Waals surface area contributed by atoms with Crippen molar-refractivity contribution >= 4 is 0 Å². The van der Waals surface area contributed by atoms with Crippen LogP contribution in [0.25, 0.3) is 0 Å². The number of nitrogens with one attached hydrogen (secondary N) is 2. The van der Waals surface area contributed by atoms with Crippen LogP contribution in [0.3, 0.4) is 0 Å². The first kappa shape index (κ1) is 16.2. The van der Waals surface area contributed by atoms with Gasteiger partial charge in [-0.25, -0.2) is 4.98 Å². The van der Waals surface area contributed by atoms with E-state index < -0.39 is 0 Å². The Morgan fingerprint density at radius 2 is 1.79 bits per heavy atom. The van der Waals surface area contributed by atoms with Crippen molar-refractivity contribution < 1.29 is 0 Å². The second-order valence-corrected chi connectivity index (χ2v) is 5.47. The van der Waals surface area contributed by atoms with Crippen molar-refractivity contribution in [3.8, 4) is 0 Å². The van der Waals surface area contributed by atoms with Gasteiger partial charge in [0, 0.05) is 30.9 Å². The summed E-state index contributed by atoms with van der Waals surface area (Å²) in [7, 11) is 0. The van der Waals surface area contributed by atoms with Gasteiger partial charge in [0.05, 0.1) is 6.33 Å². The molecule has 0 bridgehead atoms. The van der Waals surface area contributed by atoms with Gasteiger partial charge in [-0.1, -0.05) is 52.4 Å². The van der Waals surface area contributed by atoms with Crippen LogP contribution >= 0.6 is 0 Å². The van der Waals surface area contributed by atoms with E-state index in [-0.39, 0.29) is 0 Å². The summed E-state index contributed by atoms with van der Waals surface area (Å²) in [5.74, 6) is 0. The highest BCUT2D eigenvalue weighted by Gasteiger charge is 2.07. The fourth-order valence-corrected chi connectivity index (χ4v) is 2.46. The van der Waals surface area contributed by atoms with E-state index in [0.29, 0.717) is 6.04 Å². The molecule has 3 nitrogen and oxygen atoms in total. The zero-order chi connectivity index (χ0) is 13.8. The highest BCUT2D eigenvalue weighted by molar-refractivity contribution is 4.94. The van der Waals surface area contributed by atoms with Gasteiger partial charge in [0.15, 0.2) is 0 Å². The molecule has 0 atom stereocenters. The Hall–Kier alpha value is -0.830. The summed E-state index contributed by atoms with van der Waals surface area (Å²) >= 11 is 0.